The number of aldehydes is 1. The predicted octanol–water partition coefficient (Wildman–Crippen LogP) is 4.02. The molecule has 1 amide bonds. The van der Waals surface area contributed by atoms with Gasteiger partial charge in [0.15, 0.2) is 0 Å². The SMILES string of the molecule is CC(C)N(C)C(=O)c1cc(F)ccc1-n1cc(C2CCN(CC=O)CC2)c2ccncc21. The fraction of sp³-hybridized carbons (Fsp3) is 0.400. The molecule has 3 heterocycles. The summed E-state index contributed by atoms with van der Waals surface area (Å²) in [6.45, 7) is 6.09. The Labute approximate surface area is 187 Å². The number of carbonyl (C=O) groups is 2. The van der Waals surface area contributed by atoms with Crippen LogP contribution in [0, 0.1) is 5.82 Å². The van der Waals surface area contributed by atoms with E-state index in [1.165, 1.54) is 17.7 Å². The molecule has 32 heavy (non-hydrogen) atoms. The Hall–Kier alpha value is -3.06. The van der Waals surface area contributed by atoms with Gasteiger partial charge in [-0.3, -0.25) is 14.7 Å². The molecular formula is C25H29FN4O2. The van der Waals surface area contributed by atoms with Crippen LogP contribution in [0.15, 0.2) is 42.9 Å². The normalized spacial score (nSPS) is 15.4. The van der Waals surface area contributed by atoms with Crippen molar-refractivity contribution in [2.24, 2.45) is 0 Å². The van der Waals surface area contributed by atoms with Crippen LogP contribution in [0.3, 0.4) is 0 Å². The maximum atomic E-state index is 14.2. The van der Waals surface area contributed by atoms with Crippen molar-refractivity contribution in [1.29, 1.82) is 0 Å². The minimum absolute atomic E-state index is 0.00574. The first-order chi connectivity index (χ1) is 15.4. The second-order valence-corrected chi connectivity index (χ2v) is 8.76. The largest absolute Gasteiger partial charge is 0.339 e. The quantitative estimate of drug-likeness (QED) is 0.548. The highest BCUT2D eigenvalue weighted by Gasteiger charge is 2.26. The van der Waals surface area contributed by atoms with Gasteiger partial charge in [0.05, 0.1) is 29.5 Å². The molecule has 0 atom stereocenters. The number of rotatable bonds is 6. The number of amides is 1. The lowest BCUT2D eigenvalue weighted by Gasteiger charge is -2.30. The third-order valence-electron chi connectivity index (χ3n) is 6.54. The predicted molar refractivity (Wildman–Crippen MR) is 123 cm³/mol. The zero-order chi connectivity index (χ0) is 22.8. The number of aromatic nitrogens is 2. The van der Waals surface area contributed by atoms with E-state index in [-0.39, 0.29) is 11.9 Å². The highest BCUT2D eigenvalue weighted by atomic mass is 19.1. The molecule has 1 fully saturated rings. The number of halogens is 1. The van der Waals surface area contributed by atoms with E-state index in [0.717, 1.165) is 43.1 Å². The van der Waals surface area contributed by atoms with Crippen molar-refractivity contribution in [1.82, 2.24) is 19.4 Å². The zero-order valence-electron chi connectivity index (χ0n) is 18.8. The van der Waals surface area contributed by atoms with Crippen LogP contribution in [0.1, 0.15) is 48.5 Å². The first-order valence-corrected chi connectivity index (χ1v) is 11.1. The van der Waals surface area contributed by atoms with E-state index in [0.29, 0.717) is 23.7 Å². The van der Waals surface area contributed by atoms with E-state index in [1.807, 2.05) is 24.5 Å². The molecule has 1 aromatic carbocycles. The first kappa shape index (κ1) is 22.1. The third-order valence-corrected chi connectivity index (χ3v) is 6.54. The lowest BCUT2D eigenvalue weighted by atomic mass is 9.89. The Morgan fingerprint density at radius 2 is 2.03 bits per heavy atom. The van der Waals surface area contributed by atoms with Crippen molar-refractivity contribution in [3.63, 3.8) is 0 Å². The van der Waals surface area contributed by atoms with Crippen LogP contribution in [0.4, 0.5) is 4.39 Å². The maximum absolute atomic E-state index is 14.2. The molecule has 1 aliphatic heterocycles. The van der Waals surface area contributed by atoms with Gasteiger partial charge in [-0.05, 0) is 75.5 Å². The lowest BCUT2D eigenvalue weighted by Crippen LogP contribution is -2.34. The van der Waals surface area contributed by atoms with Crippen molar-refractivity contribution in [2.75, 3.05) is 26.7 Å². The van der Waals surface area contributed by atoms with Gasteiger partial charge in [0.2, 0.25) is 0 Å². The maximum Gasteiger partial charge on any atom is 0.256 e. The molecule has 2 aromatic heterocycles. The molecule has 0 saturated carbocycles. The first-order valence-electron chi connectivity index (χ1n) is 11.1. The number of fused-ring (bicyclic) bond motifs is 1. The smallest absolute Gasteiger partial charge is 0.256 e. The molecule has 0 spiro atoms. The second kappa shape index (κ2) is 9.20. The molecule has 7 heteroatoms. The summed E-state index contributed by atoms with van der Waals surface area (Å²) in [5.74, 6) is -0.308. The Balaban J connectivity index is 1.79. The van der Waals surface area contributed by atoms with Crippen molar-refractivity contribution >= 4 is 23.1 Å². The van der Waals surface area contributed by atoms with Gasteiger partial charge < -0.3 is 14.3 Å². The van der Waals surface area contributed by atoms with Crippen LogP contribution in [0.25, 0.3) is 16.6 Å². The molecule has 0 aliphatic carbocycles. The number of likely N-dealkylation sites (tertiary alicyclic amines) is 1. The van der Waals surface area contributed by atoms with Gasteiger partial charge in [-0.15, -0.1) is 0 Å². The van der Waals surface area contributed by atoms with Crippen molar-refractivity contribution in [3.05, 3.63) is 59.8 Å². The van der Waals surface area contributed by atoms with Gasteiger partial charge in [-0.25, -0.2) is 4.39 Å². The summed E-state index contributed by atoms with van der Waals surface area (Å²) in [7, 11) is 1.73. The van der Waals surface area contributed by atoms with Gasteiger partial charge in [0, 0.05) is 30.9 Å². The van der Waals surface area contributed by atoms with E-state index in [9.17, 15) is 14.0 Å². The Morgan fingerprint density at radius 3 is 2.72 bits per heavy atom. The van der Waals surface area contributed by atoms with Gasteiger partial charge in [-0.1, -0.05) is 0 Å². The number of carbonyl (C=O) groups excluding carboxylic acids is 2. The number of pyridine rings is 1. The lowest BCUT2D eigenvalue weighted by molar-refractivity contribution is -0.109. The van der Waals surface area contributed by atoms with E-state index in [2.05, 4.69) is 16.1 Å². The molecule has 0 bridgehead atoms. The summed E-state index contributed by atoms with van der Waals surface area (Å²) in [5.41, 5.74) is 3.07. The van der Waals surface area contributed by atoms with Gasteiger partial charge in [-0.2, -0.15) is 0 Å². The summed E-state index contributed by atoms with van der Waals surface area (Å²) in [4.78, 5) is 32.1. The average Bonchev–Trinajstić information content (AvgIpc) is 3.18. The van der Waals surface area contributed by atoms with Crippen molar-refractivity contribution < 1.29 is 14.0 Å². The zero-order valence-corrected chi connectivity index (χ0v) is 18.8. The Kier molecular flexibility index (Phi) is 6.37. The van der Waals surface area contributed by atoms with Crippen LogP contribution in [0.5, 0.6) is 0 Å². The monoisotopic (exact) mass is 436 g/mol. The fourth-order valence-electron chi connectivity index (χ4n) is 4.47. The van der Waals surface area contributed by atoms with Gasteiger partial charge in [0.1, 0.15) is 12.1 Å². The average molecular weight is 437 g/mol. The van der Waals surface area contributed by atoms with Crippen molar-refractivity contribution in [2.45, 2.75) is 38.6 Å². The minimum atomic E-state index is -0.438. The summed E-state index contributed by atoms with van der Waals surface area (Å²) in [5, 5.41) is 1.09. The molecule has 3 aromatic rings. The summed E-state index contributed by atoms with van der Waals surface area (Å²) in [6, 6.07) is 6.37. The molecule has 1 saturated heterocycles. The molecular weight excluding hydrogens is 407 g/mol. The minimum Gasteiger partial charge on any atom is -0.339 e. The van der Waals surface area contributed by atoms with Crippen LogP contribution in [0.2, 0.25) is 0 Å². The molecule has 0 unspecified atom stereocenters. The van der Waals surface area contributed by atoms with Crippen LogP contribution >= 0.6 is 0 Å². The standard InChI is InChI=1S/C25H29FN4O2/c1-17(2)28(3)25(32)21-14-19(26)4-5-23(21)30-16-22(20-6-9-27-15-24(20)30)18-7-10-29(11-8-18)12-13-31/h4-6,9,13-18H,7-8,10-12H2,1-3H3. The molecule has 168 valence electrons. The highest BCUT2D eigenvalue weighted by Crippen LogP contribution is 2.36. The second-order valence-electron chi connectivity index (χ2n) is 8.76. The summed E-state index contributed by atoms with van der Waals surface area (Å²) >= 11 is 0. The highest BCUT2D eigenvalue weighted by molar-refractivity contribution is 5.99. The number of hydrogen-bond donors (Lipinski definition) is 0. The van der Waals surface area contributed by atoms with Crippen LogP contribution in [-0.2, 0) is 4.79 Å². The van der Waals surface area contributed by atoms with E-state index >= 15 is 0 Å². The number of hydrogen-bond acceptors (Lipinski definition) is 4. The van der Waals surface area contributed by atoms with Gasteiger partial charge >= 0.3 is 0 Å². The van der Waals surface area contributed by atoms with Crippen LogP contribution in [-0.4, -0.2) is 64.3 Å². The van der Waals surface area contributed by atoms with Gasteiger partial charge in [0.25, 0.3) is 5.91 Å². The number of nitrogens with zero attached hydrogens (tertiary/aromatic N) is 4. The molecule has 0 N–H and O–H groups in total. The van der Waals surface area contributed by atoms with Crippen LogP contribution < -0.4 is 0 Å². The fourth-order valence-corrected chi connectivity index (χ4v) is 4.47. The summed E-state index contributed by atoms with van der Waals surface area (Å²) < 4.78 is 16.1. The topological polar surface area (TPSA) is 58.4 Å². The Bertz CT molecular complexity index is 1130. The van der Waals surface area contributed by atoms with E-state index in [4.69, 9.17) is 0 Å². The molecule has 1 aliphatic rings. The molecule has 0 radical (unpaired) electrons. The Morgan fingerprint density at radius 1 is 1.28 bits per heavy atom. The summed E-state index contributed by atoms with van der Waals surface area (Å²) in [6.07, 6.45) is 8.52. The third kappa shape index (κ3) is 4.17. The van der Waals surface area contributed by atoms with Crippen molar-refractivity contribution in [3.8, 4) is 5.69 Å². The number of benzene rings is 1. The van der Waals surface area contributed by atoms with E-state index in [1.54, 1.807) is 30.4 Å². The number of piperidine rings is 1. The van der Waals surface area contributed by atoms with E-state index < -0.39 is 5.82 Å². The molecule has 6 nitrogen and oxygen atoms in total. The molecule has 4 rings (SSSR count).